The molecule has 0 fully saturated rings. The van der Waals surface area contributed by atoms with Crippen LogP contribution >= 0.6 is 11.6 Å². The lowest BCUT2D eigenvalue weighted by Crippen LogP contribution is -2.28. The van der Waals surface area contributed by atoms with Crippen molar-refractivity contribution in [2.24, 2.45) is 0 Å². The number of anilines is 4. The Labute approximate surface area is 657 Å². The molecule has 0 bridgehead atoms. The third-order valence-corrected chi connectivity index (χ3v) is 17.3. The number of carbonyl (C=O) groups is 4. The number of methoxy groups -OCH3 is 5. The highest BCUT2D eigenvalue weighted by Crippen LogP contribution is 2.39. The van der Waals surface area contributed by atoms with Gasteiger partial charge in [0.05, 0.1) is 61.7 Å². The monoisotopic (exact) mass is 1550 g/mol. The van der Waals surface area contributed by atoms with Gasteiger partial charge in [0.15, 0.2) is 0 Å². The van der Waals surface area contributed by atoms with E-state index >= 15 is 0 Å². The maximum absolute atomic E-state index is 13.9. The summed E-state index contributed by atoms with van der Waals surface area (Å²) in [7, 11) is 7.83. The lowest BCUT2D eigenvalue weighted by molar-refractivity contribution is -0.117. The molecule has 0 aliphatic carbocycles. The van der Waals surface area contributed by atoms with E-state index in [1.54, 1.807) is 114 Å². The molecule has 26 heteroatoms. The van der Waals surface area contributed by atoms with Crippen LogP contribution in [0.3, 0.4) is 0 Å². The van der Waals surface area contributed by atoms with Gasteiger partial charge < -0.3 is 62.2 Å². The summed E-state index contributed by atoms with van der Waals surface area (Å²) in [6.07, 6.45) is 0. The largest absolute Gasteiger partial charge is 0.497 e. The highest BCUT2D eigenvalue weighted by Gasteiger charge is 2.27. The van der Waals surface area contributed by atoms with Crippen LogP contribution in [0.5, 0.6) is 75.3 Å². The van der Waals surface area contributed by atoms with E-state index in [-0.39, 0.29) is 73.3 Å². The van der Waals surface area contributed by atoms with Crippen molar-refractivity contribution in [1.29, 1.82) is 0 Å². The average Bonchev–Trinajstić information content (AvgIpc) is 0.796. The molecule has 4 aromatic heterocycles. The summed E-state index contributed by atoms with van der Waals surface area (Å²) < 4.78 is 105. The average molecular weight is 1550 g/mol. The fraction of sp³-hybridized carbons (Fsp3) is 0.172. The molecule has 0 N–H and O–H groups in total. The molecule has 0 unspecified atom stereocenters. The second-order valence-corrected chi connectivity index (χ2v) is 25.0. The zero-order valence-corrected chi connectivity index (χ0v) is 64.5. The van der Waals surface area contributed by atoms with Crippen molar-refractivity contribution in [3.8, 4) is 75.3 Å². The first-order chi connectivity index (χ1) is 54.5. The van der Waals surface area contributed by atoms with Crippen molar-refractivity contribution in [1.82, 2.24) is 19.9 Å². The van der Waals surface area contributed by atoms with Gasteiger partial charge in [-0.2, -0.15) is 37.5 Å². The minimum absolute atomic E-state index is 0.0136. The lowest BCUT2D eigenvalue weighted by atomic mass is 10.1. The number of ether oxygens (including phenoxy) is 9. The van der Waals surface area contributed by atoms with Crippen LogP contribution in [-0.2, 0) is 45.4 Å². The van der Waals surface area contributed by atoms with Crippen LogP contribution in [0, 0.1) is 37.6 Å². The molecule has 0 spiro atoms. The van der Waals surface area contributed by atoms with E-state index in [2.05, 4.69) is 19.9 Å². The number of para-hydroxylation sites is 5. The van der Waals surface area contributed by atoms with Crippen LogP contribution in [0.2, 0.25) is 5.02 Å². The highest BCUT2D eigenvalue weighted by molar-refractivity contribution is 6.30. The van der Waals surface area contributed by atoms with Gasteiger partial charge in [-0.15, -0.1) is 0 Å². The molecule has 0 aliphatic rings. The van der Waals surface area contributed by atoms with Crippen LogP contribution in [0.15, 0.2) is 243 Å². The third-order valence-electron chi connectivity index (χ3n) is 17.0. The van der Waals surface area contributed by atoms with Crippen molar-refractivity contribution in [3.05, 3.63) is 305 Å². The van der Waals surface area contributed by atoms with Crippen LogP contribution in [0.4, 0.5) is 40.3 Å². The number of aromatic nitrogens is 4. The summed E-state index contributed by atoms with van der Waals surface area (Å²) in [5, 5.41) is 0.543. The number of hydrogen-bond acceptors (Lipinski definition) is 17. The van der Waals surface area contributed by atoms with Crippen molar-refractivity contribution < 1.29 is 79.4 Å². The van der Waals surface area contributed by atoms with E-state index in [1.807, 2.05) is 129 Å². The zero-order chi connectivity index (χ0) is 81.1. The Hall–Kier alpha value is -13.6. The van der Waals surface area contributed by atoms with Gasteiger partial charge in [0.1, 0.15) is 74.5 Å². The van der Waals surface area contributed by atoms with Gasteiger partial charge in [-0.3, -0.25) is 19.2 Å². The predicted octanol–water partition coefficient (Wildman–Crippen LogP) is 19.6. The van der Waals surface area contributed by atoms with E-state index in [1.165, 1.54) is 95.8 Å². The van der Waals surface area contributed by atoms with E-state index in [4.69, 9.17) is 54.2 Å². The summed E-state index contributed by atoms with van der Waals surface area (Å²) in [5.74, 6) is 1.44. The van der Waals surface area contributed by atoms with Gasteiger partial charge >= 0.3 is 0 Å². The molecule has 0 aliphatic heterocycles. The fourth-order valence-electron chi connectivity index (χ4n) is 11.2. The Balaban J connectivity index is 0.000000173. The summed E-state index contributed by atoms with van der Waals surface area (Å²) in [4.78, 5) is 70.9. The topological polar surface area (TPSA) is 216 Å². The molecule has 0 atom stereocenters. The molecule has 4 amide bonds. The number of aryl methyl sites for hydroxylation is 1. The lowest BCUT2D eigenvalue weighted by Gasteiger charge is -2.24. The summed E-state index contributed by atoms with van der Waals surface area (Å²) in [6, 6.07) is 68.1. The molecule has 0 saturated carbocycles. The fourth-order valence-corrected chi connectivity index (χ4v) is 11.3. The normalized spacial score (nSPS) is 10.4. The minimum atomic E-state index is -0.714. The molecule has 21 nitrogen and oxygen atoms in total. The number of pyridine rings is 4. The van der Waals surface area contributed by atoms with Crippen molar-refractivity contribution >= 4 is 58.0 Å². The number of rotatable bonds is 25. The third kappa shape index (κ3) is 23.3. The summed E-state index contributed by atoms with van der Waals surface area (Å²) in [6.45, 7) is 10.5. The van der Waals surface area contributed by atoms with Crippen LogP contribution in [-0.4, -0.2) is 79.1 Å². The predicted molar refractivity (Wildman–Crippen MR) is 423 cm³/mol. The van der Waals surface area contributed by atoms with Gasteiger partial charge in [0.25, 0.3) is 0 Å². The van der Waals surface area contributed by atoms with Gasteiger partial charge in [0.2, 0.25) is 70.9 Å². The maximum Gasteiger partial charge on any atom is 0.246 e. The number of carbonyl (C=O) groups excluding carboxylic acids is 4. The number of amides is 4. The van der Waals surface area contributed by atoms with Gasteiger partial charge in [-0.05, 0) is 165 Å². The summed E-state index contributed by atoms with van der Waals surface area (Å²) in [5.41, 5.74) is 6.62. The molecule has 0 radical (unpaired) electrons. The van der Waals surface area contributed by atoms with Gasteiger partial charge in [-0.25, -0.2) is 0 Å². The van der Waals surface area contributed by atoms with Crippen LogP contribution < -0.4 is 62.2 Å². The molecular formula is C87H81ClF4N8O13. The van der Waals surface area contributed by atoms with Crippen LogP contribution in [0.25, 0.3) is 0 Å². The van der Waals surface area contributed by atoms with Gasteiger partial charge in [0, 0.05) is 55.0 Å². The molecule has 0 saturated heterocycles. The van der Waals surface area contributed by atoms with E-state index in [0.717, 1.165) is 33.4 Å². The quantitative estimate of drug-likeness (QED) is 0.0384. The van der Waals surface area contributed by atoms with Crippen molar-refractivity contribution in [3.63, 3.8) is 0 Å². The highest BCUT2D eigenvalue weighted by atomic mass is 35.5. The summed E-state index contributed by atoms with van der Waals surface area (Å²) >= 11 is 5.89. The molecule has 113 heavy (non-hydrogen) atoms. The second-order valence-electron chi connectivity index (χ2n) is 24.5. The Morgan fingerprint density at radius 2 is 0.566 bits per heavy atom. The Morgan fingerprint density at radius 1 is 0.301 bits per heavy atom. The second kappa shape index (κ2) is 40.8. The Morgan fingerprint density at radius 3 is 0.867 bits per heavy atom. The zero-order valence-electron chi connectivity index (χ0n) is 63.7. The SMILES string of the molecule is COc1ccc(Oc2nc([18F])ccc2N(Cc2ccccc2OC)C(C)=O)cc1.COc1ccccc1CN(C(C)=O)c1ccc([18F])nc1Oc1ccc(Cl)cc1.COc1ccccc1CN(C(C)=O)c1ccc([18F])nc1Oc1cccc(C)c1C.COc1ccccc1CN(C(C)=O)c1ccc([18F])nc1Oc1ccccc1. The molecular weight excluding hydrogens is 1470 g/mol. The minimum Gasteiger partial charge on any atom is -0.497 e. The Kier molecular flexibility index (Phi) is 30.1. The van der Waals surface area contributed by atoms with E-state index in [9.17, 15) is 36.7 Å². The van der Waals surface area contributed by atoms with Crippen molar-refractivity contribution in [2.75, 3.05) is 55.1 Å². The van der Waals surface area contributed by atoms with E-state index < -0.39 is 23.8 Å². The first-order valence-electron chi connectivity index (χ1n) is 35.0. The first-order valence-corrected chi connectivity index (χ1v) is 35.3. The standard InChI is InChI=1S/C23H23FN2O3.C22H21FN2O4.C21H18ClFN2O3.C21H19FN2O3/c1-15-8-7-11-20(16(15)2)29-23-19(12-13-22(24)25-23)26(17(3)27)14-18-9-5-6-10-21(18)28-4;1-15(26)25(14-16-6-4-5-7-20(16)28-3)19-12-13-21(23)24-22(19)29-18-10-8-17(27-2)9-11-18;1-14(26)25(13-15-5-3-4-6-19(15)27-2)18-11-12-20(23)24-21(18)28-17-9-7-16(22)8-10-17;1-15(25)24(14-16-8-6-7-11-19(16)26-2)18-12-13-20(22)23-21(18)27-17-9-4-3-5-10-17/h5-13H,14H2,1-4H3;4-13H,14H2,1-3H3;3-12H,13H2,1-2H3;3-13H,14H2,1-2H3/i24-1;2*23-1;22-1. The van der Waals surface area contributed by atoms with E-state index in [0.29, 0.717) is 79.5 Å². The molecule has 8 aromatic carbocycles. The number of benzene rings is 8. The van der Waals surface area contributed by atoms with Crippen LogP contribution in [0.1, 0.15) is 61.1 Å². The molecule has 12 rings (SSSR count). The maximum atomic E-state index is 13.9. The Bertz CT molecular complexity index is 5230. The van der Waals surface area contributed by atoms with Gasteiger partial charge in [-0.1, -0.05) is 115 Å². The van der Waals surface area contributed by atoms with Crippen molar-refractivity contribution in [2.45, 2.75) is 67.7 Å². The molecule has 4 heterocycles. The molecule has 582 valence electrons. The number of hydrogen-bond donors (Lipinski definition) is 0. The number of halogens is 5. The molecule has 12 aromatic rings. The first kappa shape index (κ1) is 83.5. The number of nitrogens with zero attached hydrogens (tertiary/aromatic N) is 8. The smallest absolute Gasteiger partial charge is 0.246 e.